The van der Waals surface area contributed by atoms with Gasteiger partial charge in [-0.05, 0) is 42.3 Å². The van der Waals surface area contributed by atoms with Crippen LogP contribution in [-0.4, -0.2) is 18.7 Å². The van der Waals surface area contributed by atoms with Gasteiger partial charge in [0.15, 0.2) is 6.61 Å². The van der Waals surface area contributed by atoms with Gasteiger partial charge in [0.05, 0.1) is 6.21 Å². The Morgan fingerprint density at radius 1 is 1.23 bits per heavy atom. The van der Waals surface area contributed by atoms with Crippen molar-refractivity contribution >= 4 is 39.0 Å². The van der Waals surface area contributed by atoms with Crippen molar-refractivity contribution < 1.29 is 13.9 Å². The SMILES string of the molecule is Cc1cc(=O)oc2cc(OCC(=O)N/N=C\c3ccc(Br)cc3)ccc12. The van der Waals surface area contributed by atoms with Crippen LogP contribution in [0.25, 0.3) is 11.0 Å². The topological polar surface area (TPSA) is 80.9 Å². The van der Waals surface area contributed by atoms with Crippen LogP contribution in [0, 0.1) is 6.92 Å². The van der Waals surface area contributed by atoms with Crippen LogP contribution in [0.15, 0.2) is 67.3 Å². The molecule has 0 saturated heterocycles. The molecule has 0 atom stereocenters. The van der Waals surface area contributed by atoms with Crippen molar-refractivity contribution in [1.29, 1.82) is 0 Å². The highest BCUT2D eigenvalue weighted by atomic mass is 79.9. The van der Waals surface area contributed by atoms with Crippen molar-refractivity contribution in [2.24, 2.45) is 5.10 Å². The van der Waals surface area contributed by atoms with Crippen molar-refractivity contribution in [2.45, 2.75) is 6.92 Å². The number of carbonyl (C=O) groups is 1. The Hall–Kier alpha value is -2.93. The third kappa shape index (κ3) is 4.58. The molecular weight excluding hydrogens is 400 g/mol. The zero-order valence-electron chi connectivity index (χ0n) is 13.9. The second kappa shape index (κ2) is 7.97. The molecule has 0 unspecified atom stereocenters. The normalized spacial score (nSPS) is 11.0. The molecule has 0 fully saturated rings. The van der Waals surface area contributed by atoms with Crippen LogP contribution < -0.4 is 15.8 Å². The molecule has 0 bridgehead atoms. The summed E-state index contributed by atoms with van der Waals surface area (Å²) in [4.78, 5) is 23.2. The highest BCUT2D eigenvalue weighted by Gasteiger charge is 2.06. The molecule has 1 heterocycles. The quantitative estimate of drug-likeness (QED) is 0.394. The van der Waals surface area contributed by atoms with E-state index < -0.39 is 11.5 Å². The number of nitrogens with one attached hydrogen (secondary N) is 1. The van der Waals surface area contributed by atoms with Gasteiger partial charge in [0.25, 0.3) is 5.91 Å². The molecule has 3 rings (SSSR count). The predicted molar refractivity (Wildman–Crippen MR) is 103 cm³/mol. The van der Waals surface area contributed by atoms with E-state index >= 15 is 0 Å². The van der Waals surface area contributed by atoms with Gasteiger partial charge in [0.1, 0.15) is 11.3 Å². The molecule has 1 aromatic heterocycles. The Balaban J connectivity index is 1.58. The average molecular weight is 415 g/mol. The van der Waals surface area contributed by atoms with E-state index in [9.17, 15) is 9.59 Å². The Morgan fingerprint density at radius 3 is 2.77 bits per heavy atom. The molecule has 1 N–H and O–H groups in total. The minimum atomic E-state index is -0.424. The lowest BCUT2D eigenvalue weighted by Gasteiger charge is -2.06. The number of nitrogens with zero attached hydrogens (tertiary/aromatic N) is 1. The zero-order valence-corrected chi connectivity index (χ0v) is 15.4. The van der Waals surface area contributed by atoms with Gasteiger partial charge in [-0.2, -0.15) is 5.10 Å². The molecule has 26 heavy (non-hydrogen) atoms. The van der Waals surface area contributed by atoms with Gasteiger partial charge < -0.3 is 9.15 Å². The molecule has 0 saturated carbocycles. The lowest BCUT2D eigenvalue weighted by molar-refractivity contribution is -0.123. The zero-order chi connectivity index (χ0) is 18.5. The first-order valence-corrected chi connectivity index (χ1v) is 8.55. The van der Waals surface area contributed by atoms with E-state index in [2.05, 4.69) is 26.5 Å². The number of amides is 1. The second-order valence-corrected chi connectivity index (χ2v) is 6.46. The van der Waals surface area contributed by atoms with Crippen molar-refractivity contribution in [1.82, 2.24) is 5.43 Å². The number of hydrazone groups is 1. The number of hydrogen-bond donors (Lipinski definition) is 1. The van der Waals surface area contributed by atoms with Gasteiger partial charge >= 0.3 is 5.63 Å². The molecule has 0 aliphatic heterocycles. The van der Waals surface area contributed by atoms with Crippen LogP contribution in [0.5, 0.6) is 5.75 Å². The summed E-state index contributed by atoms with van der Waals surface area (Å²) in [5.41, 5.74) is 4.06. The third-order valence-electron chi connectivity index (χ3n) is 3.57. The van der Waals surface area contributed by atoms with Gasteiger partial charge in [-0.15, -0.1) is 0 Å². The molecule has 0 radical (unpaired) electrons. The summed E-state index contributed by atoms with van der Waals surface area (Å²) in [6.45, 7) is 1.62. The van der Waals surface area contributed by atoms with Crippen molar-refractivity contribution in [3.63, 3.8) is 0 Å². The Morgan fingerprint density at radius 2 is 2.00 bits per heavy atom. The number of rotatable bonds is 5. The molecule has 1 amide bonds. The summed E-state index contributed by atoms with van der Waals surface area (Å²) in [6.07, 6.45) is 1.54. The number of aryl methyl sites for hydroxylation is 1. The lowest BCUT2D eigenvalue weighted by atomic mass is 10.1. The third-order valence-corrected chi connectivity index (χ3v) is 4.09. The second-order valence-electron chi connectivity index (χ2n) is 5.54. The number of carbonyl (C=O) groups excluding carboxylic acids is 1. The monoisotopic (exact) mass is 414 g/mol. The van der Waals surface area contributed by atoms with Crippen LogP contribution in [-0.2, 0) is 4.79 Å². The van der Waals surface area contributed by atoms with Crippen molar-refractivity contribution in [2.75, 3.05) is 6.61 Å². The smallest absolute Gasteiger partial charge is 0.336 e. The minimum absolute atomic E-state index is 0.209. The fourth-order valence-electron chi connectivity index (χ4n) is 2.30. The number of benzene rings is 2. The molecule has 7 heteroatoms. The summed E-state index contributed by atoms with van der Waals surface area (Å²) in [7, 11) is 0. The molecule has 0 spiro atoms. The first-order chi connectivity index (χ1) is 12.5. The number of hydrogen-bond acceptors (Lipinski definition) is 5. The minimum Gasteiger partial charge on any atom is -0.484 e. The van der Waals surface area contributed by atoms with E-state index in [1.807, 2.05) is 31.2 Å². The van der Waals surface area contributed by atoms with Crippen molar-refractivity contribution in [3.8, 4) is 5.75 Å². The Kier molecular flexibility index (Phi) is 5.48. The first kappa shape index (κ1) is 17.9. The number of fused-ring (bicyclic) bond motifs is 1. The van der Waals surface area contributed by atoms with Crippen LogP contribution in [0.3, 0.4) is 0 Å². The van der Waals surface area contributed by atoms with E-state index in [-0.39, 0.29) is 6.61 Å². The van der Waals surface area contributed by atoms with Gasteiger partial charge in [0, 0.05) is 22.0 Å². The molecule has 132 valence electrons. The maximum Gasteiger partial charge on any atom is 0.336 e. The summed E-state index contributed by atoms with van der Waals surface area (Å²) in [6, 6.07) is 14.0. The van der Waals surface area contributed by atoms with Crippen LogP contribution in [0.4, 0.5) is 0 Å². The molecule has 6 nitrogen and oxygen atoms in total. The Bertz CT molecular complexity index is 1030. The standard InChI is InChI=1S/C19H15BrN2O4/c1-12-8-19(24)26-17-9-15(6-7-16(12)17)25-11-18(23)22-21-10-13-2-4-14(20)5-3-13/h2-10H,11H2,1H3,(H,22,23)/b21-10-. The lowest BCUT2D eigenvalue weighted by Crippen LogP contribution is -2.24. The van der Waals surface area contributed by atoms with Gasteiger partial charge in [-0.3, -0.25) is 4.79 Å². The molecule has 2 aromatic carbocycles. The predicted octanol–water partition coefficient (Wildman–Crippen LogP) is 3.39. The molecular formula is C19H15BrN2O4. The van der Waals surface area contributed by atoms with E-state index in [0.717, 1.165) is 21.0 Å². The fraction of sp³-hybridized carbons (Fsp3) is 0.105. The maximum absolute atomic E-state index is 11.8. The Labute approximate surface area is 157 Å². The highest BCUT2D eigenvalue weighted by Crippen LogP contribution is 2.22. The van der Waals surface area contributed by atoms with E-state index in [1.54, 1.807) is 18.2 Å². The molecule has 3 aromatic rings. The number of halogens is 1. The van der Waals surface area contributed by atoms with Gasteiger partial charge in [-0.1, -0.05) is 28.1 Å². The summed E-state index contributed by atoms with van der Waals surface area (Å²) < 4.78 is 11.5. The van der Waals surface area contributed by atoms with E-state index in [0.29, 0.717) is 11.3 Å². The largest absolute Gasteiger partial charge is 0.484 e. The summed E-state index contributed by atoms with van der Waals surface area (Å²) in [5, 5.41) is 4.70. The molecule has 0 aliphatic carbocycles. The van der Waals surface area contributed by atoms with Crippen LogP contribution in [0.2, 0.25) is 0 Å². The highest BCUT2D eigenvalue weighted by molar-refractivity contribution is 9.10. The van der Waals surface area contributed by atoms with Gasteiger partial charge in [0.2, 0.25) is 0 Å². The summed E-state index contributed by atoms with van der Waals surface area (Å²) >= 11 is 3.35. The fourth-order valence-corrected chi connectivity index (χ4v) is 2.57. The van der Waals surface area contributed by atoms with E-state index in [4.69, 9.17) is 9.15 Å². The van der Waals surface area contributed by atoms with Crippen LogP contribution in [0.1, 0.15) is 11.1 Å². The molecule has 0 aliphatic rings. The first-order valence-electron chi connectivity index (χ1n) is 7.76. The van der Waals surface area contributed by atoms with Gasteiger partial charge in [-0.25, -0.2) is 10.2 Å². The average Bonchev–Trinajstić information content (AvgIpc) is 2.61. The van der Waals surface area contributed by atoms with E-state index in [1.165, 1.54) is 12.3 Å². The number of ether oxygens (including phenoxy) is 1. The van der Waals surface area contributed by atoms with Crippen LogP contribution >= 0.6 is 15.9 Å². The van der Waals surface area contributed by atoms with Crippen molar-refractivity contribution in [3.05, 3.63) is 74.6 Å². The maximum atomic E-state index is 11.8. The summed E-state index contributed by atoms with van der Waals surface area (Å²) in [5.74, 6) is 0.0300.